The molecule has 0 atom stereocenters. The maximum Gasteiger partial charge on any atom is 0.242 e. The second kappa shape index (κ2) is 15.8. The second-order valence-electron chi connectivity index (χ2n) is 7.46. The molecule has 0 saturated carbocycles. The zero-order chi connectivity index (χ0) is 25.6. The van der Waals surface area contributed by atoms with Gasteiger partial charge in [0, 0.05) is 62.5 Å². The van der Waals surface area contributed by atoms with Crippen LogP contribution < -0.4 is 14.8 Å². The summed E-state index contributed by atoms with van der Waals surface area (Å²) < 4.78 is 12.6. The third kappa shape index (κ3) is 7.94. The highest BCUT2D eigenvalue weighted by atomic mass is 32.2. The molecule has 8 nitrogen and oxygen atoms in total. The summed E-state index contributed by atoms with van der Waals surface area (Å²) in [6.45, 7) is 8.68. The fourth-order valence-electron chi connectivity index (χ4n) is 3.83. The van der Waals surface area contributed by atoms with E-state index < -0.39 is 0 Å². The Morgan fingerprint density at radius 2 is 1.77 bits per heavy atom. The first-order chi connectivity index (χ1) is 17.2. The van der Waals surface area contributed by atoms with E-state index in [1.807, 2.05) is 19.9 Å². The Balaban J connectivity index is 0.000000303. The summed E-state index contributed by atoms with van der Waals surface area (Å²) in [5.41, 5.74) is 6.13. The van der Waals surface area contributed by atoms with Gasteiger partial charge in [0.25, 0.3) is 0 Å². The molecule has 2 aliphatic heterocycles. The SMILES string of the molecule is CC.COc1nc(-c2ccc3c(c2)CCCN3C)cc2nccnc12.CS.NSN1CCOCC1. The number of aromatic nitrogens is 3. The van der Waals surface area contributed by atoms with E-state index in [1.54, 1.807) is 25.8 Å². The lowest BCUT2D eigenvalue weighted by Crippen LogP contribution is -2.32. The molecule has 2 aromatic heterocycles. The van der Waals surface area contributed by atoms with Gasteiger partial charge in [0.1, 0.15) is 0 Å². The van der Waals surface area contributed by atoms with Gasteiger partial charge in [-0.3, -0.25) is 10.1 Å². The molecule has 0 amide bonds. The van der Waals surface area contributed by atoms with Crippen molar-refractivity contribution in [3.63, 3.8) is 0 Å². The number of benzene rings is 1. The van der Waals surface area contributed by atoms with Gasteiger partial charge >= 0.3 is 0 Å². The molecule has 2 N–H and O–H groups in total. The number of hydrogen-bond acceptors (Lipinski definition) is 10. The molecular weight excluding hydrogens is 480 g/mol. The second-order valence-corrected chi connectivity index (χ2v) is 8.18. The van der Waals surface area contributed by atoms with Crippen LogP contribution in [-0.4, -0.2) is 72.5 Å². The molecule has 1 saturated heterocycles. The first-order valence-corrected chi connectivity index (χ1v) is 13.6. The third-order valence-corrected chi connectivity index (χ3v) is 6.13. The molecule has 0 bridgehead atoms. The van der Waals surface area contributed by atoms with Crippen molar-refractivity contribution < 1.29 is 9.47 Å². The standard InChI is InChI=1S/C18H18N4O.C4H10N2OS.C2H6.CH4S/c1-22-9-3-4-13-10-12(5-6-16(13)22)14-11-15-17(18(21-14)23-2)20-8-7-19-15;5-8-6-1-3-7-4-2-6;2*1-2/h5-8,10-11H,3-4,9H2,1-2H3;1-5H2;1-2H3;2H,1H3. The predicted octanol–water partition coefficient (Wildman–Crippen LogP) is 4.50. The van der Waals surface area contributed by atoms with Crippen molar-refractivity contribution >= 4 is 41.5 Å². The monoisotopic (exact) mass is 518 g/mol. The third-order valence-electron chi connectivity index (χ3n) is 5.46. The number of ether oxygens (including phenoxy) is 2. The van der Waals surface area contributed by atoms with Crippen LogP contribution in [0.2, 0.25) is 0 Å². The molecule has 0 spiro atoms. The van der Waals surface area contributed by atoms with Crippen molar-refractivity contribution in [2.75, 3.05) is 58.2 Å². The van der Waals surface area contributed by atoms with Crippen molar-refractivity contribution in [3.8, 4) is 17.1 Å². The predicted molar refractivity (Wildman–Crippen MR) is 151 cm³/mol. The summed E-state index contributed by atoms with van der Waals surface area (Å²) in [5, 5.41) is 5.29. The summed E-state index contributed by atoms with van der Waals surface area (Å²) in [6, 6.07) is 8.50. The van der Waals surface area contributed by atoms with Gasteiger partial charge in [0.05, 0.1) is 31.5 Å². The summed E-state index contributed by atoms with van der Waals surface area (Å²) in [5.74, 6) is 0.514. The van der Waals surface area contributed by atoms with Crippen molar-refractivity contribution in [2.45, 2.75) is 26.7 Å². The van der Waals surface area contributed by atoms with Crippen LogP contribution in [0, 0.1) is 0 Å². The van der Waals surface area contributed by atoms with Crippen LogP contribution in [0.4, 0.5) is 5.69 Å². The first kappa shape index (κ1) is 29.1. The lowest BCUT2D eigenvalue weighted by atomic mass is 9.98. The molecule has 192 valence electrons. The highest BCUT2D eigenvalue weighted by molar-refractivity contribution is 7.94. The molecule has 3 aromatic rings. The van der Waals surface area contributed by atoms with E-state index in [0.717, 1.165) is 56.0 Å². The number of nitrogens with two attached hydrogens (primary N) is 1. The number of rotatable bonds is 3. The summed E-state index contributed by atoms with van der Waals surface area (Å²) in [4.78, 5) is 15.6. The minimum atomic E-state index is 0.514. The number of thiol groups is 1. The molecule has 1 aromatic carbocycles. The van der Waals surface area contributed by atoms with Crippen molar-refractivity contribution in [1.29, 1.82) is 0 Å². The molecular formula is C25H38N6O2S2. The maximum absolute atomic E-state index is 5.40. The van der Waals surface area contributed by atoms with E-state index >= 15 is 0 Å². The zero-order valence-electron chi connectivity index (χ0n) is 21.4. The quantitative estimate of drug-likeness (QED) is 0.384. The minimum absolute atomic E-state index is 0.514. The molecule has 4 heterocycles. The number of hydrogen-bond donors (Lipinski definition) is 2. The summed E-state index contributed by atoms with van der Waals surface area (Å²) >= 11 is 4.83. The van der Waals surface area contributed by atoms with Crippen LogP contribution in [0.15, 0.2) is 36.7 Å². The number of anilines is 1. The van der Waals surface area contributed by atoms with Gasteiger partial charge in [0.2, 0.25) is 5.88 Å². The van der Waals surface area contributed by atoms with Crippen LogP contribution in [0.5, 0.6) is 5.88 Å². The Labute approximate surface area is 219 Å². The summed E-state index contributed by atoms with van der Waals surface area (Å²) in [6.07, 6.45) is 7.33. The Kier molecular flexibility index (Phi) is 13.1. The fourth-order valence-corrected chi connectivity index (χ4v) is 4.19. The van der Waals surface area contributed by atoms with Crippen LogP contribution in [0.1, 0.15) is 25.8 Å². The number of aryl methyl sites for hydroxylation is 1. The molecule has 1 fully saturated rings. The van der Waals surface area contributed by atoms with Gasteiger partial charge in [-0.1, -0.05) is 19.9 Å². The Morgan fingerprint density at radius 1 is 1.06 bits per heavy atom. The van der Waals surface area contributed by atoms with E-state index in [1.165, 1.54) is 29.8 Å². The number of morpholine rings is 1. The highest BCUT2D eigenvalue weighted by Crippen LogP contribution is 2.32. The van der Waals surface area contributed by atoms with Crippen molar-refractivity contribution in [2.24, 2.45) is 5.14 Å². The minimum Gasteiger partial charge on any atom is -0.479 e. The van der Waals surface area contributed by atoms with Crippen LogP contribution in [0.3, 0.4) is 0 Å². The number of pyridine rings is 1. The van der Waals surface area contributed by atoms with Gasteiger partial charge < -0.3 is 14.4 Å². The smallest absolute Gasteiger partial charge is 0.242 e. The van der Waals surface area contributed by atoms with Crippen molar-refractivity contribution in [1.82, 2.24) is 19.3 Å². The molecule has 0 aliphatic carbocycles. The molecule has 5 rings (SSSR count). The van der Waals surface area contributed by atoms with Gasteiger partial charge in [-0.15, -0.1) is 0 Å². The average molecular weight is 519 g/mol. The Morgan fingerprint density at radius 3 is 2.43 bits per heavy atom. The van der Waals surface area contributed by atoms with E-state index in [2.05, 4.69) is 62.0 Å². The number of methoxy groups -OCH3 is 1. The zero-order valence-corrected chi connectivity index (χ0v) is 23.1. The molecule has 10 heteroatoms. The lowest BCUT2D eigenvalue weighted by Gasteiger charge is -2.27. The Hall–Kier alpha value is -2.11. The largest absolute Gasteiger partial charge is 0.479 e. The van der Waals surface area contributed by atoms with E-state index in [4.69, 9.17) is 14.6 Å². The van der Waals surface area contributed by atoms with Crippen LogP contribution in [0.25, 0.3) is 22.3 Å². The van der Waals surface area contributed by atoms with Gasteiger partial charge in [-0.2, -0.15) is 12.6 Å². The van der Waals surface area contributed by atoms with Gasteiger partial charge in [0.15, 0.2) is 5.52 Å². The Bertz CT molecular complexity index is 1030. The topological polar surface area (TPSA) is 89.6 Å². The van der Waals surface area contributed by atoms with E-state index in [-0.39, 0.29) is 0 Å². The first-order valence-electron chi connectivity index (χ1n) is 11.8. The van der Waals surface area contributed by atoms with Crippen LogP contribution >= 0.6 is 24.8 Å². The van der Waals surface area contributed by atoms with Crippen molar-refractivity contribution in [3.05, 3.63) is 42.2 Å². The van der Waals surface area contributed by atoms with Crippen LogP contribution in [-0.2, 0) is 11.2 Å². The number of fused-ring (bicyclic) bond motifs is 2. The van der Waals surface area contributed by atoms with Gasteiger partial charge in [-0.25, -0.2) is 14.3 Å². The fraction of sp³-hybridized carbons (Fsp3) is 0.480. The number of nitrogens with zero attached hydrogens (tertiary/aromatic N) is 5. The normalized spacial score (nSPS) is 14.9. The summed E-state index contributed by atoms with van der Waals surface area (Å²) in [7, 11) is 3.76. The molecule has 0 radical (unpaired) electrons. The highest BCUT2D eigenvalue weighted by Gasteiger charge is 2.16. The van der Waals surface area contributed by atoms with E-state index in [9.17, 15) is 0 Å². The average Bonchev–Trinajstić information content (AvgIpc) is 2.95. The van der Waals surface area contributed by atoms with Gasteiger partial charge in [-0.05, 0) is 42.9 Å². The molecule has 0 unspecified atom stereocenters. The molecule has 35 heavy (non-hydrogen) atoms. The lowest BCUT2D eigenvalue weighted by molar-refractivity contribution is 0.0773. The van der Waals surface area contributed by atoms with E-state index in [0.29, 0.717) is 11.4 Å². The molecule has 2 aliphatic rings. The maximum atomic E-state index is 5.40.